The first-order chi connectivity index (χ1) is 17.7. The van der Waals surface area contributed by atoms with Crippen LogP contribution < -0.4 is 5.32 Å². The average molecular weight is 479 g/mol. The molecule has 6 rings (SSSR count). The summed E-state index contributed by atoms with van der Waals surface area (Å²) in [5, 5.41) is 12.2. The second-order valence-electron chi connectivity index (χ2n) is 8.86. The fourth-order valence-corrected chi connectivity index (χ4v) is 4.68. The smallest absolute Gasteiger partial charge is 0.256 e. The summed E-state index contributed by atoms with van der Waals surface area (Å²) in [5.41, 5.74) is 3.44. The number of halogens is 1. The first-order valence-electron chi connectivity index (χ1n) is 12.0. The second kappa shape index (κ2) is 9.30. The number of anilines is 1. The third-order valence-electron chi connectivity index (χ3n) is 6.49. The van der Waals surface area contributed by atoms with Gasteiger partial charge in [-0.15, -0.1) is 10.2 Å². The van der Waals surface area contributed by atoms with Gasteiger partial charge in [-0.3, -0.25) is 9.78 Å². The Hall–Kier alpha value is -4.46. The van der Waals surface area contributed by atoms with Crippen molar-refractivity contribution in [3.8, 4) is 22.6 Å². The Morgan fingerprint density at radius 1 is 0.972 bits per heavy atom. The minimum Gasteiger partial charge on any atom is -0.322 e. The van der Waals surface area contributed by atoms with E-state index in [4.69, 9.17) is 4.98 Å². The van der Waals surface area contributed by atoms with Crippen LogP contribution in [0.15, 0.2) is 73.1 Å². The van der Waals surface area contributed by atoms with Crippen LogP contribution in [0.1, 0.15) is 35.4 Å². The minimum absolute atomic E-state index is 0.309. The van der Waals surface area contributed by atoms with Crippen LogP contribution >= 0.6 is 0 Å². The van der Waals surface area contributed by atoms with Crippen LogP contribution in [-0.2, 0) is 13.0 Å². The van der Waals surface area contributed by atoms with Crippen molar-refractivity contribution in [3.05, 3.63) is 90.3 Å². The molecule has 0 radical (unpaired) electrons. The van der Waals surface area contributed by atoms with E-state index in [1.54, 1.807) is 30.6 Å². The van der Waals surface area contributed by atoms with Gasteiger partial charge in [-0.25, -0.2) is 9.37 Å². The molecule has 4 heterocycles. The predicted molar refractivity (Wildman–Crippen MR) is 136 cm³/mol. The van der Waals surface area contributed by atoms with E-state index < -0.39 is 5.82 Å². The monoisotopic (exact) mass is 478 g/mol. The molecule has 1 N–H and O–H groups in total. The van der Waals surface area contributed by atoms with Gasteiger partial charge in [0, 0.05) is 42.0 Å². The van der Waals surface area contributed by atoms with Crippen LogP contribution in [0, 0.1) is 5.82 Å². The number of hydrogen-bond donors (Lipinski definition) is 1. The largest absolute Gasteiger partial charge is 0.322 e. The number of benzene rings is 2. The molecule has 2 aromatic carbocycles. The van der Waals surface area contributed by atoms with E-state index >= 15 is 0 Å². The van der Waals surface area contributed by atoms with Crippen LogP contribution in [0.4, 0.5) is 10.1 Å². The highest BCUT2D eigenvalue weighted by atomic mass is 19.1. The molecule has 5 aromatic rings. The Morgan fingerprint density at radius 3 is 2.78 bits per heavy atom. The summed E-state index contributed by atoms with van der Waals surface area (Å²) in [7, 11) is 0. The molecular weight excluding hydrogens is 455 g/mol. The van der Waals surface area contributed by atoms with Crippen LogP contribution in [-0.4, -0.2) is 30.6 Å². The van der Waals surface area contributed by atoms with Crippen molar-refractivity contribution < 1.29 is 9.18 Å². The number of carbonyl (C=O) groups is 1. The van der Waals surface area contributed by atoms with Crippen molar-refractivity contribution in [1.29, 1.82) is 0 Å². The van der Waals surface area contributed by atoms with Gasteiger partial charge in [-0.05, 0) is 55.3 Å². The molecule has 0 spiro atoms. The molecule has 1 aliphatic rings. The number of carbonyl (C=O) groups excluding carboxylic acids is 1. The molecule has 3 aromatic heterocycles. The van der Waals surface area contributed by atoms with Gasteiger partial charge in [-0.1, -0.05) is 24.6 Å². The second-order valence-corrected chi connectivity index (χ2v) is 8.86. The van der Waals surface area contributed by atoms with E-state index in [2.05, 4.69) is 20.5 Å². The lowest BCUT2D eigenvalue weighted by Gasteiger charge is -2.12. The maximum absolute atomic E-state index is 14.9. The van der Waals surface area contributed by atoms with Crippen molar-refractivity contribution >= 4 is 22.5 Å². The number of aromatic nitrogens is 5. The first kappa shape index (κ1) is 22.0. The van der Waals surface area contributed by atoms with Crippen molar-refractivity contribution in [2.45, 2.75) is 32.2 Å². The molecule has 7 nitrogen and oxygen atoms in total. The normalized spacial score (nSPS) is 13.2. The molecular formula is C28H23FN6O. The van der Waals surface area contributed by atoms with Gasteiger partial charge >= 0.3 is 0 Å². The quantitative estimate of drug-likeness (QED) is 0.360. The molecule has 0 saturated heterocycles. The number of pyridine rings is 2. The molecule has 0 atom stereocenters. The van der Waals surface area contributed by atoms with E-state index in [0.717, 1.165) is 49.0 Å². The predicted octanol–water partition coefficient (Wildman–Crippen LogP) is 5.67. The molecule has 8 heteroatoms. The molecule has 36 heavy (non-hydrogen) atoms. The van der Waals surface area contributed by atoms with Crippen molar-refractivity contribution in [3.63, 3.8) is 0 Å². The molecule has 0 fully saturated rings. The van der Waals surface area contributed by atoms with Gasteiger partial charge in [0.25, 0.3) is 5.91 Å². The minimum atomic E-state index is -0.402. The fraction of sp³-hybridized carbons (Fsp3) is 0.179. The van der Waals surface area contributed by atoms with E-state index in [-0.39, 0.29) is 5.91 Å². The number of rotatable bonds is 4. The zero-order valence-electron chi connectivity index (χ0n) is 19.5. The van der Waals surface area contributed by atoms with Gasteiger partial charge in [0.15, 0.2) is 5.82 Å². The molecule has 1 aliphatic heterocycles. The van der Waals surface area contributed by atoms with E-state index in [1.165, 1.54) is 6.07 Å². The summed E-state index contributed by atoms with van der Waals surface area (Å²) in [6, 6.07) is 17.5. The third-order valence-corrected chi connectivity index (χ3v) is 6.49. The van der Waals surface area contributed by atoms with Gasteiger partial charge in [0.1, 0.15) is 11.6 Å². The molecule has 0 unspecified atom stereocenters. The number of aryl methyl sites for hydroxylation is 1. The number of hydrogen-bond acceptors (Lipinski definition) is 5. The average Bonchev–Trinajstić information content (AvgIpc) is 3.16. The number of para-hydroxylation sites is 1. The summed E-state index contributed by atoms with van der Waals surface area (Å²) in [6.07, 6.45) is 7.41. The summed E-state index contributed by atoms with van der Waals surface area (Å²) < 4.78 is 16.9. The Morgan fingerprint density at radius 2 is 1.89 bits per heavy atom. The number of fused-ring (bicyclic) bond motifs is 2. The highest BCUT2D eigenvalue weighted by Crippen LogP contribution is 2.29. The SMILES string of the molecule is O=C(Nc1ccc(F)c(-c2nnc3n2CCCCC3)c1)c1cc(-c2cccnc2)nc2ccccc12. The maximum Gasteiger partial charge on any atom is 0.256 e. The Bertz CT molecular complexity index is 1580. The van der Waals surface area contributed by atoms with E-state index in [0.29, 0.717) is 33.8 Å². The van der Waals surface area contributed by atoms with Crippen molar-refractivity contribution in [2.75, 3.05) is 5.32 Å². The lowest BCUT2D eigenvalue weighted by molar-refractivity contribution is 0.102. The van der Waals surface area contributed by atoms with Crippen LogP contribution in [0.3, 0.4) is 0 Å². The third kappa shape index (κ3) is 4.11. The van der Waals surface area contributed by atoms with Crippen LogP contribution in [0.25, 0.3) is 33.5 Å². The zero-order valence-corrected chi connectivity index (χ0v) is 19.5. The summed E-state index contributed by atoms with van der Waals surface area (Å²) in [5.74, 6) is 0.660. The van der Waals surface area contributed by atoms with Crippen molar-refractivity contribution in [2.24, 2.45) is 0 Å². The topological polar surface area (TPSA) is 85.6 Å². The highest BCUT2D eigenvalue weighted by molar-refractivity contribution is 6.13. The molecule has 178 valence electrons. The van der Waals surface area contributed by atoms with Crippen LogP contribution in [0.5, 0.6) is 0 Å². The maximum atomic E-state index is 14.9. The number of nitrogens with one attached hydrogen (secondary N) is 1. The highest BCUT2D eigenvalue weighted by Gasteiger charge is 2.20. The summed E-state index contributed by atoms with van der Waals surface area (Å²) in [6.45, 7) is 0.758. The van der Waals surface area contributed by atoms with Gasteiger partial charge in [-0.2, -0.15) is 0 Å². The van der Waals surface area contributed by atoms with Gasteiger partial charge in [0.2, 0.25) is 0 Å². The van der Waals surface area contributed by atoms with Crippen molar-refractivity contribution in [1.82, 2.24) is 24.7 Å². The van der Waals surface area contributed by atoms with E-state index in [9.17, 15) is 9.18 Å². The lowest BCUT2D eigenvalue weighted by Crippen LogP contribution is -2.13. The Labute approximate surface area is 207 Å². The summed E-state index contributed by atoms with van der Waals surface area (Å²) in [4.78, 5) is 22.4. The Balaban J connectivity index is 1.37. The zero-order chi connectivity index (χ0) is 24.5. The molecule has 0 bridgehead atoms. The van der Waals surface area contributed by atoms with Gasteiger partial charge in [0.05, 0.1) is 22.3 Å². The summed E-state index contributed by atoms with van der Waals surface area (Å²) >= 11 is 0. The standard InChI is InChI=1S/C28H23FN6O/c29-23-12-11-19(15-22(23)27-34-33-26-10-2-1-5-14-35(26)27)31-28(36)21-16-25(18-7-6-13-30-17-18)32-24-9-4-3-8-20(21)24/h3-4,6-9,11-13,15-17H,1-2,5,10,14H2,(H,31,36). The first-order valence-corrected chi connectivity index (χ1v) is 12.0. The van der Waals surface area contributed by atoms with Crippen LogP contribution in [0.2, 0.25) is 0 Å². The lowest BCUT2D eigenvalue weighted by atomic mass is 10.0. The Kier molecular flexibility index (Phi) is 5.69. The fourth-order valence-electron chi connectivity index (χ4n) is 4.68. The number of amides is 1. The molecule has 0 saturated carbocycles. The molecule has 1 amide bonds. The number of nitrogens with zero attached hydrogens (tertiary/aromatic N) is 5. The van der Waals surface area contributed by atoms with E-state index in [1.807, 2.05) is 41.0 Å². The van der Waals surface area contributed by atoms with Gasteiger partial charge < -0.3 is 9.88 Å². The molecule has 0 aliphatic carbocycles.